The minimum absolute atomic E-state index is 0.642. The average molecular weight is 193 g/mol. The SMILES string of the molecule is CCCCc1nc(CC)nc(N)c1C. The Morgan fingerprint density at radius 1 is 1.21 bits per heavy atom. The number of rotatable bonds is 4. The summed E-state index contributed by atoms with van der Waals surface area (Å²) in [6, 6.07) is 0. The number of nitrogen functional groups attached to an aromatic ring is 1. The van der Waals surface area contributed by atoms with E-state index in [0.29, 0.717) is 5.82 Å². The summed E-state index contributed by atoms with van der Waals surface area (Å²) in [6.45, 7) is 6.23. The van der Waals surface area contributed by atoms with Crippen molar-refractivity contribution in [2.75, 3.05) is 5.73 Å². The van der Waals surface area contributed by atoms with Crippen LogP contribution in [0.15, 0.2) is 0 Å². The molecule has 3 heteroatoms. The van der Waals surface area contributed by atoms with Crippen LogP contribution in [0.1, 0.15) is 43.8 Å². The number of aromatic nitrogens is 2. The zero-order valence-electron chi connectivity index (χ0n) is 9.30. The van der Waals surface area contributed by atoms with Gasteiger partial charge >= 0.3 is 0 Å². The fourth-order valence-corrected chi connectivity index (χ4v) is 1.38. The molecule has 0 aliphatic carbocycles. The fourth-order valence-electron chi connectivity index (χ4n) is 1.38. The van der Waals surface area contributed by atoms with Crippen LogP contribution in [-0.4, -0.2) is 9.97 Å². The standard InChI is InChI=1S/C11H19N3/c1-4-6-7-9-8(3)11(12)14-10(5-2)13-9/h4-7H2,1-3H3,(H2,12,13,14). The molecule has 0 radical (unpaired) electrons. The van der Waals surface area contributed by atoms with Gasteiger partial charge in [-0.1, -0.05) is 20.3 Å². The number of aryl methyl sites for hydroxylation is 2. The van der Waals surface area contributed by atoms with Gasteiger partial charge < -0.3 is 5.73 Å². The minimum atomic E-state index is 0.642. The Morgan fingerprint density at radius 2 is 1.93 bits per heavy atom. The maximum Gasteiger partial charge on any atom is 0.130 e. The molecule has 0 saturated heterocycles. The highest BCUT2D eigenvalue weighted by Gasteiger charge is 2.06. The van der Waals surface area contributed by atoms with Crippen LogP contribution in [-0.2, 0) is 12.8 Å². The third-order valence-electron chi connectivity index (χ3n) is 2.41. The Bertz CT molecular complexity index is 308. The van der Waals surface area contributed by atoms with Gasteiger partial charge in [0, 0.05) is 17.7 Å². The lowest BCUT2D eigenvalue weighted by atomic mass is 10.1. The van der Waals surface area contributed by atoms with Gasteiger partial charge in [0.25, 0.3) is 0 Å². The molecule has 0 aliphatic rings. The van der Waals surface area contributed by atoms with E-state index in [9.17, 15) is 0 Å². The first-order valence-corrected chi connectivity index (χ1v) is 5.30. The summed E-state index contributed by atoms with van der Waals surface area (Å²) in [5.74, 6) is 1.50. The van der Waals surface area contributed by atoms with Crippen LogP contribution in [0.5, 0.6) is 0 Å². The Balaban J connectivity index is 2.95. The third kappa shape index (κ3) is 2.44. The molecule has 14 heavy (non-hydrogen) atoms. The summed E-state index contributed by atoms with van der Waals surface area (Å²) in [7, 11) is 0. The fraction of sp³-hybridized carbons (Fsp3) is 0.636. The smallest absolute Gasteiger partial charge is 0.130 e. The second kappa shape index (κ2) is 4.94. The van der Waals surface area contributed by atoms with Crippen molar-refractivity contribution in [3.63, 3.8) is 0 Å². The van der Waals surface area contributed by atoms with E-state index in [1.165, 1.54) is 12.8 Å². The monoisotopic (exact) mass is 193 g/mol. The number of hydrogen-bond donors (Lipinski definition) is 1. The number of unbranched alkanes of at least 4 members (excludes halogenated alkanes) is 1. The molecule has 0 atom stereocenters. The van der Waals surface area contributed by atoms with Gasteiger partial charge in [0.05, 0.1) is 0 Å². The largest absolute Gasteiger partial charge is 0.383 e. The van der Waals surface area contributed by atoms with Crippen molar-refractivity contribution in [1.82, 2.24) is 9.97 Å². The van der Waals surface area contributed by atoms with Crippen molar-refractivity contribution in [2.24, 2.45) is 0 Å². The Hall–Kier alpha value is -1.12. The van der Waals surface area contributed by atoms with Crippen LogP contribution in [0.4, 0.5) is 5.82 Å². The molecule has 0 aromatic carbocycles. The van der Waals surface area contributed by atoms with Gasteiger partial charge in [-0.25, -0.2) is 9.97 Å². The molecule has 0 saturated carbocycles. The van der Waals surface area contributed by atoms with Crippen LogP contribution < -0.4 is 5.73 Å². The van der Waals surface area contributed by atoms with Crippen LogP contribution in [0.2, 0.25) is 0 Å². The first-order valence-electron chi connectivity index (χ1n) is 5.30. The van der Waals surface area contributed by atoms with Crippen molar-refractivity contribution in [2.45, 2.75) is 46.5 Å². The molecule has 2 N–H and O–H groups in total. The maximum absolute atomic E-state index is 5.82. The van der Waals surface area contributed by atoms with E-state index in [4.69, 9.17) is 5.73 Å². The van der Waals surface area contributed by atoms with E-state index < -0.39 is 0 Å². The zero-order chi connectivity index (χ0) is 10.6. The van der Waals surface area contributed by atoms with Gasteiger partial charge in [-0.15, -0.1) is 0 Å². The number of hydrogen-bond acceptors (Lipinski definition) is 3. The topological polar surface area (TPSA) is 51.8 Å². The molecule has 1 aromatic heterocycles. The quantitative estimate of drug-likeness (QED) is 0.798. The highest BCUT2D eigenvalue weighted by atomic mass is 14.9. The molecule has 1 heterocycles. The van der Waals surface area contributed by atoms with Gasteiger partial charge in [-0.2, -0.15) is 0 Å². The van der Waals surface area contributed by atoms with Crippen LogP contribution in [0.25, 0.3) is 0 Å². The molecule has 0 spiro atoms. The maximum atomic E-state index is 5.82. The van der Waals surface area contributed by atoms with Crippen molar-refractivity contribution in [3.8, 4) is 0 Å². The summed E-state index contributed by atoms with van der Waals surface area (Å²) in [6.07, 6.45) is 4.22. The number of anilines is 1. The van der Waals surface area contributed by atoms with Crippen LogP contribution >= 0.6 is 0 Å². The van der Waals surface area contributed by atoms with Crippen LogP contribution in [0.3, 0.4) is 0 Å². The van der Waals surface area contributed by atoms with Crippen molar-refractivity contribution in [1.29, 1.82) is 0 Å². The minimum Gasteiger partial charge on any atom is -0.383 e. The molecule has 0 unspecified atom stereocenters. The normalized spacial score (nSPS) is 10.5. The van der Waals surface area contributed by atoms with E-state index in [1.54, 1.807) is 0 Å². The van der Waals surface area contributed by atoms with Gasteiger partial charge in [-0.3, -0.25) is 0 Å². The average Bonchev–Trinajstić information content (AvgIpc) is 2.20. The molecule has 0 bridgehead atoms. The molecule has 1 rings (SSSR count). The molecular formula is C11H19N3. The molecule has 0 fully saturated rings. The number of nitrogens with zero attached hydrogens (tertiary/aromatic N) is 2. The van der Waals surface area contributed by atoms with E-state index in [0.717, 1.165) is 29.9 Å². The summed E-state index contributed by atoms with van der Waals surface area (Å²) in [5, 5.41) is 0. The summed E-state index contributed by atoms with van der Waals surface area (Å²) in [4.78, 5) is 8.72. The van der Waals surface area contributed by atoms with Crippen molar-refractivity contribution in [3.05, 3.63) is 17.1 Å². The first-order chi connectivity index (χ1) is 6.69. The second-order valence-corrected chi connectivity index (χ2v) is 3.55. The molecule has 3 nitrogen and oxygen atoms in total. The number of nitrogens with two attached hydrogens (primary N) is 1. The van der Waals surface area contributed by atoms with Gasteiger partial charge in [0.2, 0.25) is 0 Å². The Labute approximate surface area is 85.8 Å². The zero-order valence-corrected chi connectivity index (χ0v) is 9.30. The Kier molecular flexibility index (Phi) is 3.86. The highest BCUT2D eigenvalue weighted by Crippen LogP contribution is 2.14. The summed E-state index contributed by atoms with van der Waals surface area (Å²) >= 11 is 0. The van der Waals surface area contributed by atoms with Crippen LogP contribution in [0, 0.1) is 6.92 Å². The molecular weight excluding hydrogens is 174 g/mol. The van der Waals surface area contributed by atoms with E-state index >= 15 is 0 Å². The van der Waals surface area contributed by atoms with Gasteiger partial charge in [0.1, 0.15) is 11.6 Å². The predicted molar refractivity (Wildman–Crippen MR) is 59.2 cm³/mol. The molecule has 0 aliphatic heterocycles. The lowest BCUT2D eigenvalue weighted by molar-refractivity contribution is 0.756. The van der Waals surface area contributed by atoms with E-state index in [2.05, 4.69) is 16.9 Å². The van der Waals surface area contributed by atoms with E-state index in [1.807, 2.05) is 13.8 Å². The lowest BCUT2D eigenvalue weighted by Gasteiger charge is -2.08. The molecule has 0 amide bonds. The Morgan fingerprint density at radius 3 is 2.50 bits per heavy atom. The van der Waals surface area contributed by atoms with Gasteiger partial charge in [0.15, 0.2) is 0 Å². The second-order valence-electron chi connectivity index (χ2n) is 3.55. The summed E-state index contributed by atoms with van der Waals surface area (Å²) < 4.78 is 0. The van der Waals surface area contributed by atoms with Crippen molar-refractivity contribution < 1.29 is 0 Å². The van der Waals surface area contributed by atoms with E-state index in [-0.39, 0.29) is 0 Å². The first kappa shape index (κ1) is 11.0. The summed E-state index contributed by atoms with van der Waals surface area (Å²) in [5.41, 5.74) is 7.99. The lowest BCUT2D eigenvalue weighted by Crippen LogP contribution is -2.06. The third-order valence-corrected chi connectivity index (χ3v) is 2.41. The highest BCUT2D eigenvalue weighted by molar-refractivity contribution is 5.41. The van der Waals surface area contributed by atoms with Gasteiger partial charge in [-0.05, 0) is 19.8 Å². The molecule has 1 aromatic rings. The predicted octanol–water partition coefficient (Wildman–Crippen LogP) is 2.27. The van der Waals surface area contributed by atoms with Crippen molar-refractivity contribution >= 4 is 5.82 Å². The molecule has 78 valence electrons.